The highest BCUT2D eigenvalue weighted by atomic mass is 19.1. The molecule has 0 atom stereocenters. The van der Waals surface area contributed by atoms with Crippen LogP contribution in [0.5, 0.6) is 0 Å². The van der Waals surface area contributed by atoms with Crippen molar-refractivity contribution in [1.29, 1.82) is 0 Å². The number of piperidine rings is 1. The predicted octanol–water partition coefficient (Wildman–Crippen LogP) is 2.54. The first-order valence-electron chi connectivity index (χ1n) is 11.4. The number of halogens is 1. The second-order valence-corrected chi connectivity index (χ2v) is 8.41. The minimum Gasteiger partial charge on any atom is -0.473 e. The third kappa shape index (κ3) is 7.02. The number of aliphatic carboxylic acids is 2. The summed E-state index contributed by atoms with van der Waals surface area (Å²) in [5.74, 6) is -3.42. The molecule has 0 saturated carbocycles. The van der Waals surface area contributed by atoms with E-state index in [4.69, 9.17) is 19.8 Å². The fourth-order valence-corrected chi connectivity index (χ4v) is 4.31. The van der Waals surface area contributed by atoms with Gasteiger partial charge in [0.1, 0.15) is 5.82 Å². The average Bonchev–Trinajstić information content (AvgIpc) is 2.85. The Labute approximate surface area is 198 Å². The summed E-state index contributed by atoms with van der Waals surface area (Å²) >= 11 is 0. The molecule has 1 amide bonds. The van der Waals surface area contributed by atoms with Crippen molar-refractivity contribution in [2.24, 2.45) is 5.92 Å². The zero-order valence-corrected chi connectivity index (χ0v) is 19.0. The van der Waals surface area contributed by atoms with E-state index in [9.17, 15) is 9.18 Å². The monoisotopic (exact) mass is 471 g/mol. The summed E-state index contributed by atoms with van der Waals surface area (Å²) in [6, 6.07) is 17.4. The number of hydrogen-bond acceptors (Lipinski definition) is 5. The van der Waals surface area contributed by atoms with Crippen LogP contribution < -0.4 is 4.90 Å². The molecule has 0 aromatic heterocycles. The molecule has 2 aliphatic heterocycles. The van der Waals surface area contributed by atoms with Gasteiger partial charge < -0.3 is 20.0 Å². The first kappa shape index (κ1) is 25.2. The highest BCUT2D eigenvalue weighted by Gasteiger charge is 2.30. The van der Waals surface area contributed by atoms with E-state index in [1.807, 2.05) is 28.0 Å². The zero-order chi connectivity index (χ0) is 24.5. The van der Waals surface area contributed by atoms with Crippen LogP contribution >= 0.6 is 0 Å². The van der Waals surface area contributed by atoms with E-state index in [1.165, 1.54) is 11.6 Å². The van der Waals surface area contributed by atoms with Gasteiger partial charge in [-0.2, -0.15) is 0 Å². The molecule has 2 aromatic rings. The molecule has 182 valence electrons. The standard InChI is InChI=1S/C23H28FN3O.C2H2O4/c24-21-8-4-5-9-22(21)26-14-16-27(17-15-26)23(28)20-10-12-25(13-11-20)18-19-6-2-1-3-7-19;3-1(4)2(5)6/h1-9,20H,10-18H2;(H,3,4)(H,5,6). The van der Waals surface area contributed by atoms with Crippen LogP contribution in [0, 0.1) is 11.7 Å². The molecule has 2 aromatic carbocycles. The van der Waals surface area contributed by atoms with E-state index < -0.39 is 11.9 Å². The predicted molar refractivity (Wildman–Crippen MR) is 125 cm³/mol. The Morgan fingerprint density at radius 3 is 1.91 bits per heavy atom. The summed E-state index contributed by atoms with van der Waals surface area (Å²) < 4.78 is 14.0. The zero-order valence-electron chi connectivity index (χ0n) is 19.0. The van der Waals surface area contributed by atoms with E-state index in [0.29, 0.717) is 31.9 Å². The number of piperazine rings is 1. The van der Waals surface area contributed by atoms with Gasteiger partial charge in [-0.15, -0.1) is 0 Å². The molecule has 9 heteroatoms. The van der Waals surface area contributed by atoms with Crippen LogP contribution in [0.4, 0.5) is 10.1 Å². The van der Waals surface area contributed by atoms with Crippen LogP contribution in [0.25, 0.3) is 0 Å². The number of carbonyl (C=O) groups excluding carboxylic acids is 1. The molecule has 0 bridgehead atoms. The van der Waals surface area contributed by atoms with Gasteiger partial charge in [0.15, 0.2) is 0 Å². The van der Waals surface area contributed by atoms with Crippen molar-refractivity contribution in [3.05, 3.63) is 66.0 Å². The molecule has 2 aliphatic rings. The highest BCUT2D eigenvalue weighted by Crippen LogP contribution is 2.24. The largest absolute Gasteiger partial charge is 0.473 e. The van der Waals surface area contributed by atoms with Crippen molar-refractivity contribution < 1.29 is 29.0 Å². The lowest BCUT2D eigenvalue weighted by atomic mass is 9.94. The third-order valence-corrected chi connectivity index (χ3v) is 6.15. The number of hydrogen-bond donors (Lipinski definition) is 2. The topological polar surface area (TPSA) is 101 Å². The van der Waals surface area contributed by atoms with E-state index in [2.05, 4.69) is 29.2 Å². The molecule has 4 rings (SSSR count). The van der Waals surface area contributed by atoms with Crippen molar-refractivity contribution in [2.75, 3.05) is 44.2 Å². The maximum Gasteiger partial charge on any atom is 0.414 e. The SMILES string of the molecule is O=C(C1CCN(Cc2ccccc2)CC1)N1CCN(c2ccccc2F)CC1.O=C(O)C(=O)O. The molecule has 2 saturated heterocycles. The number of rotatable bonds is 4. The number of nitrogens with zero attached hydrogens (tertiary/aromatic N) is 3. The van der Waals surface area contributed by atoms with Crippen molar-refractivity contribution >= 4 is 23.5 Å². The van der Waals surface area contributed by atoms with Gasteiger partial charge in [0, 0.05) is 38.6 Å². The Kier molecular flexibility index (Phi) is 8.98. The minimum absolute atomic E-state index is 0.132. The van der Waals surface area contributed by atoms with Crippen molar-refractivity contribution in [1.82, 2.24) is 9.80 Å². The van der Waals surface area contributed by atoms with Crippen molar-refractivity contribution in [2.45, 2.75) is 19.4 Å². The molecule has 8 nitrogen and oxygen atoms in total. The molecule has 34 heavy (non-hydrogen) atoms. The average molecular weight is 472 g/mol. The Hall–Kier alpha value is -3.46. The number of benzene rings is 2. The van der Waals surface area contributed by atoms with Crippen LogP contribution in [0.1, 0.15) is 18.4 Å². The molecule has 0 unspecified atom stereocenters. The first-order valence-corrected chi connectivity index (χ1v) is 11.4. The fraction of sp³-hybridized carbons (Fsp3) is 0.400. The number of likely N-dealkylation sites (tertiary alicyclic amines) is 1. The van der Waals surface area contributed by atoms with Gasteiger partial charge in [-0.05, 0) is 43.6 Å². The summed E-state index contributed by atoms with van der Waals surface area (Å²) in [5.41, 5.74) is 1.97. The van der Waals surface area contributed by atoms with Crippen LogP contribution in [-0.2, 0) is 20.9 Å². The Balaban J connectivity index is 0.000000481. The van der Waals surface area contributed by atoms with Gasteiger partial charge in [0.2, 0.25) is 5.91 Å². The number of carboxylic acid groups (broad SMARTS) is 2. The Morgan fingerprint density at radius 2 is 1.35 bits per heavy atom. The summed E-state index contributed by atoms with van der Waals surface area (Å²) in [6.07, 6.45) is 1.86. The van der Waals surface area contributed by atoms with Crippen molar-refractivity contribution in [3.8, 4) is 0 Å². The van der Waals surface area contributed by atoms with E-state index in [-0.39, 0.29) is 17.6 Å². The van der Waals surface area contributed by atoms with Gasteiger partial charge in [-0.25, -0.2) is 14.0 Å². The molecule has 2 fully saturated rings. The van der Waals surface area contributed by atoms with E-state index in [1.54, 1.807) is 6.07 Å². The second kappa shape index (κ2) is 12.1. The quantitative estimate of drug-likeness (QED) is 0.661. The molecule has 0 radical (unpaired) electrons. The molecule has 2 N–H and O–H groups in total. The molecule has 0 aliphatic carbocycles. The number of carbonyl (C=O) groups is 3. The summed E-state index contributed by atoms with van der Waals surface area (Å²) in [6.45, 7) is 5.65. The number of amides is 1. The second-order valence-electron chi connectivity index (χ2n) is 8.41. The fourth-order valence-electron chi connectivity index (χ4n) is 4.31. The van der Waals surface area contributed by atoms with Gasteiger partial charge in [-0.3, -0.25) is 9.69 Å². The molecule has 0 spiro atoms. The minimum atomic E-state index is -1.82. The maximum atomic E-state index is 14.0. The van der Waals surface area contributed by atoms with Gasteiger partial charge in [0.25, 0.3) is 0 Å². The Morgan fingerprint density at radius 1 is 0.794 bits per heavy atom. The first-order chi connectivity index (χ1) is 16.3. The lowest BCUT2D eigenvalue weighted by molar-refractivity contribution is -0.159. The number of para-hydroxylation sites is 1. The number of anilines is 1. The molecule has 2 heterocycles. The molecular formula is C25H30FN3O5. The van der Waals surface area contributed by atoms with Crippen LogP contribution in [0.15, 0.2) is 54.6 Å². The van der Waals surface area contributed by atoms with E-state index in [0.717, 1.165) is 32.5 Å². The smallest absolute Gasteiger partial charge is 0.414 e. The van der Waals surface area contributed by atoms with Gasteiger partial charge in [0.05, 0.1) is 5.69 Å². The Bertz CT molecular complexity index is 960. The van der Waals surface area contributed by atoms with Crippen molar-refractivity contribution in [3.63, 3.8) is 0 Å². The highest BCUT2D eigenvalue weighted by molar-refractivity contribution is 6.27. The maximum absolute atomic E-state index is 14.0. The van der Waals surface area contributed by atoms with Gasteiger partial charge in [-0.1, -0.05) is 42.5 Å². The van der Waals surface area contributed by atoms with Crippen LogP contribution in [0.3, 0.4) is 0 Å². The lowest BCUT2D eigenvalue weighted by Crippen LogP contribution is -2.51. The van der Waals surface area contributed by atoms with Gasteiger partial charge >= 0.3 is 11.9 Å². The third-order valence-electron chi connectivity index (χ3n) is 6.15. The summed E-state index contributed by atoms with van der Waals surface area (Å²) in [7, 11) is 0. The normalized spacial score (nSPS) is 17.0. The number of carboxylic acids is 2. The van der Waals surface area contributed by atoms with Crippen LogP contribution in [-0.4, -0.2) is 77.1 Å². The summed E-state index contributed by atoms with van der Waals surface area (Å²) in [4.78, 5) is 37.6. The lowest BCUT2D eigenvalue weighted by Gasteiger charge is -2.39. The molecular weight excluding hydrogens is 441 g/mol. The summed E-state index contributed by atoms with van der Waals surface area (Å²) in [5, 5.41) is 14.8. The van der Waals surface area contributed by atoms with Crippen LogP contribution in [0.2, 0.25) is 0 Å². The van der Waals surface area contributed by atoms with E-state index >= 15 is 0 Å².